The van der Waals surface area contributed by atoms with Crippen molar-refractivity contribution in [1.29, 1.82) is 0 Å². The number of ether oxygens (including phenoxy) is 1. The lowest BCUT2D eigenvalue weighted by atomic mass is 10.1. The summed E-state index contributed by atoms with van der Waals surface area (Å²) in [7, 11) is 1.71. The smallest absolute Gasteiger partial charge is 0.305 e. The lowest BCUT2D eigenvalue weighted by molar-refractivity contribution is -0.136. The van der Waals surface area contributed by atoms with E-state index in [1.165, 1.54) is 0 Å². The van der Waals surface area contributed by atoms with E-state index in [2.05, 4.69) is 6.58 Å². The normalized spacial score (nSPS) is 16.7. The van der Waals surface area contributed by atoms with Crippen LogP contribution in [0.4, 0.5) is 11.4 Å². The fourth-order valence-corrected chi connectivity index (χ4v) is 2.41. The van der Waals surface area contributed by atoms with E-state index in [1.807, 2.05) is 17.0 Å². The summed E-state index contributed by atoms with van der Waals surface area (Å²) < 4.78 is 5.58. The highest BCUT2D eigenvalue weighted by atomic mass is 16.5. The van der Waals surface area contributed by atoms with Gasteiger partial charge in [-0.15, -0.1) is 6.58 Å². The van der Waals surface area contributed by atoms with Gasteiger partial charge in [0.25, 0.3) is 5.91 Å². The lowest BCUT2D eigenvalue weighted by Crippen LogP contribution is -2.42. The Bertz CT molecular complexity index is 600. The SMILES string of the molecule is C=CCN(CCC(=O)O)c1ccc2c(c1)N(C)C(=O)C(C)O2. The highest BCUT2D eigenvalue weighted by Crippen LogP contribution is 2.36. The average Bonchev–Trinajstić information content (AvgIpc) is 2.49. The van der Waals surface area contributed by atoms with E-state index in [-0.39, 0.29) is 12.3 Å². The number of fused-ring (bicyclic) bond motifs is 1. The zero-order valence-electron chi connectivity index (χ0n) is 12.8. The van der Waals surface area contributed by atoms with Crippen molar-refractivity contribution in [3.63, 3.8) is 0 Å². The van der Waals surface area contributed by atoms with Crippen molar-refractivity contribution in [3.8, 4) is 5.75 Å². The molecule has 0 saturated heterocycles. The number of aliphatic carboxylic acids is 1. The zero-order valence-corrected chi connectivity index (χ0v) is 12.8. The molecule has 0 radical (unpaired) electrons. The Labute approximate surface area is 129 Å². The van der Waals surface area contributed by atoms with Gasteiger partial charge in [-0.05, 0) is 25.1 Å². The van der Waals surface area contributed by atoms with Gasteiger partial charge in [-0.1, -0.05) is 6.08 Å². The monoisotopic (exact) mass is 304 g/mol. The summed E-state index contributed by atoms with van der Waals surface area (Å²) in [5.41, 5.74) is 1.52. The molecule has 6 heteroatoms. The van der Waals surface area contributed by atoms with Crippen molar-refractivity contribution in [1.82, 2.24) is 0 Å². The van der Waals surface area contributed by atoms with Crippen LogP contribution in [0.1, 0.15) is 13.3 Å². The molecular weight excluding hydrogens is 284 g/mol. The van der Waals surface area contributed by atoms with Crippen LogP contribution in [-0.4, -0.2) is 43.2 Å². The van der Waals surface area contributed by atoms with Crippen LogP contribution in [0, 0.1) is 0 Å². The van der Waals surface area contributed by atoms with E-state index in [9.17, 15) is 9.59 Å². The first-order chi connectivity index (χ1) is 10.4. The number of hydrogen-bond donors (Lipinski definition) is 1. The second-order valence-corrected chi connectivity index (χ2v) is 5.19. The van der Waals surface area contributed by atoms with Crippen LogP contribution in [0.25, 0.3) is 0 Å². The summed E-state index contributed by atoms with van der Waals surface area (Å²) in [5, 5.41) is 8.85. The first-order valence-electron chi connectivity index (χ1n) is 7.10. The molecule has 22 heavy (non-hydrogen) atoms. The minimum Gasteiger partial charge on any atom is -0.481 e. The van der Waals surface area contributed by atoms with Gasteiger partial charge in [-0.2, -0.15) is 0 Å². The van der Waals surface area contributed by atoms with Gasteiger partial charge in [0.1, 0.15) is 5.75 Å². The lowest BCUT2D eigenvalue weighted by Gasteiger charge is -2.32. The Morgan fingerprint density at radius 3 is 2.91 bits per heavy atom. The van der Waals surface area contributed by atoms with Gasteiger partial charge in [-0.25, -0.2) is 0 Å². The number of carboxylic acids is 1. The second-order valence-electron chi connectivity index (χ2n) is 5.19. The van der Waals surface area contributed by atoms with E-state index < -0.39 is 12.1 Å². The van der Waals surface area contributed by atoms with Gasteiger partial charge in [0.05, 0.1) is 12.1 Å². The maximum Gasteiger partial charge on any atom is 0.305 e. The van der Waals surface area contributed by atoms with Crippen molar-refractivity contribution < 1.29 is 19.4 Å². The van der Waals surface area contributed by atoms with Gasteiger partial charge in [0.2, 0.25) is 0 Å². The number of benzene rings is 1. The Morgan fingerprint density at radius 2 is 2.27 bits per heavy atom. The van der Waals surface area contributed by atoms with Gasteiger partial charge in [-0.3, -0.25) is 9.59 Å². The highest BCUT2D eigenvalue weighted by Gasteiger charge is 2.29. The minimum absolute atomic E-state index is 0.0349. The maximum atomic E-state index is 12.0. The van der Waals surface area contributed by atoms with Gasteiger partial charge in [0, 0.05) is 25.8 Å². The molecule has 1 aromatic rings. The topological polar surface area (TPSA) is 70.1 Å². The Balaban J connectivity index is 2.30. The van der Waals surface area contributed by atoms with E-state index in [1.54, 1.807) is 31.0 Å². The Morgan fingerprint density at radius 1 is 1.55 bits per heavy atom. The van der Waals surface area contributed by atoms with Crippen LogP contribution >= 0.6 is 0 Å². The Kier molecular flexibility index (Phi) is 4.70. The van der Waals surface area contributed by atoms with Crippen LogP contribution in [0.15, 0.2) is 30.9 Å². The fraction of sp³-hybridized carbons (Fsp3) is 0.375. The van der Waals surface area contributed by atoms with E-state index >= 15 is 0 Å². The number of hydrogen-bond acceptors (Lipinski definition) is 4. The molecule has 0 fully saturated rings. The van der Waals surface area contributed by atoms with Crippen LogP contribution in [-0.2, 0) is 9.59 Å². The third-order valence-electron chi connectivity index (χ3n) is 3.60. The molecule has 0 aliphatic carbocycles. The number of carboxylic acid groups (broad SMARTS) is 1. The number of carbonyl (C=O) groups excluding carboxylic acids is 1. The van der Waals surface area contributed by atoms with E-state index in [0.29, 0.717) is 24.5 Å². The molecule has 118 valence electrons. The van der Waals surface area contributed by atoms with Crippen molar-refractivity contribution >= 4 is 23.3 Å². The number of carbonyl (C=O) groups is 2. The average molecular weight is 304 g/mol. The molecule has 1 amide bonds. The van der Waals surface area contributed by atoms with Crippen molar-refractivity contribution in [3.05, 3.63) is 30.9 Å². The molecule has 0 saturated carbocycles. The molecule has 6 nitrogen and oxygen atoms in total. The number of likely N-dealkylation sites (N-methyl/N-ethyl adjacent to an activating group) is 1. The molecule has 1 N–H and O–H groups in total. The van der Waals surface area contributed by atoms with E-state index in [0.717, 1.165) is 5.69 Å². The molecule has 1 unspecified atom stereocenters. The number of nitrogens with zero attached hydrogens (tertiary/aromatic N) is 2. The number of anilines is 2. The van der Waals surface area contributed by atoms with Crippen molar-refractivity contribution in [2.45, 2.75) is 19.4 Å². The third kappa shape index (κ3) is 3.21. The van der Waals surface area contributed by atoms with Crippen molar-refractivity contribution in [2.75, 3.05) is 29.9 Å². The molecule has 0 spiro atoms. The minimum atomic E-state index is -0.850. The van der Waals surface area contributed by atoms with Crippen molar-refractivity contribution in [2.24, 2.45) is 0 Å². The summed E-state index contributed by atoms with van der Waals surface area (Å²) >= 11 is 0. The van der Waals surface area contributed by atoms with Gasteiger partial charge in [0.15, 0.2) is 6.10 Å². The first-order valence-corrected chi connectivity index (χ1v) is 7.10. The third-order valence-corrected chi connectivity index (χ3v) is 3.60. The molecule has 1 aromatic carbocycles. The molecule has 0 bridgehead atoms. The van der Waals surface area contributed by atoms with Crippen LogP contribution in [0.2, 0.25) is 0 Å². The first kappa shape index (κ1) is 15.9. The van der Waals surface area contributed by atoms with Crippen LogP contribution < -0.4 is 14.5 Å². The predicted molar refractivity (Wildman–Crippen MR) is 84.6 cm³/mol. The zero-order chi connectivity index (χ0) is 16.3. The second kappa shape index (κ2) is 6.51. The predicted octanol–water partition coefficient (Wildman–Crippen LogP) is 1.90. The van der Waals surface area contributed by atoms with Gasteiger partial charge >= 0.3 is 5.97 Å². The fourth-order valence-electron chi connectivity index (χ4n) is 2.41. The molecule has 0 aromatic heterocycles. The highest BCUT2D eigenvalue weighted by molar-refractivity contribution is 5.99. The molecule has 2 rings (SSSR count). The van der Waals surface area contributed by atoms with Crippen LogP contribution in [0.3, 0.4) is 0 Å². The number of amides is 1. The molecular formula is C16H20N2O4. The molecule has 1 aliphatic heterocycles. The van der Waals surface area contributed by atoms with Crippen LogP contribution in [0.5, 0.6) is 5.75 Å². The summed E-state index contributed by atoms with van der Waals surface area (Å²) in [6.07, 6.45) is 1.25. The molecule has 1 aliphatic rings. The summed E-state index contributed by atoms with van der Waals surface area (Å²) in [6, 6.07) is 5.51. The summed E-state index contributed by atoms with van der Waals surface area (Å²) in [5.74, 6) is -0.308. The quantitative estimate of drug-likeness (QED) is 0.813. The van der Waals surface area contributed by atoms with Gasteiger partial charge < -0.3 is 19.6 Å². The van der Waals surface area contributed by atoms with E-state index in [4.69, 9.17) is 9.84 Å². The molecule has 1 atom stereocenters. The summed E-state index contributed by atoms with van der Waals surface area (Å²) in [6.45, 7) is 6.31. The largest absolute Gasteiger partial charge is 0.481 e. The maximum absolute atomic E-state index is 12.0. The molecule has 1 heterocycles. The number of rotatable bonds is 6. The summed E-state index contributed by atoms with van der Waals surface area (Å²) in [4.78, 5) is 26.2. The Hall–Kier alpha value is -2.50. The standard InChI is InChI=1S/C16H20N2O4/c1-4-8-18(9-7-15(19)20)12-5-6-14-13(10-12)17(3)16(21)11(2)22-14/h4-6,10-11H,1,7-9H2,2-3H3,(H,19,20).